The van der Waals surface area contributed by atoms with E-state index < -0.39 is 0 Å². The zero-order valence-electron chi connectivity index (χ0n) is 14.1. The Bertz CT molecular complexity index is 644. The van der Waals surface area contributed by atoms with Crippen LogP contribution in [-0.2, 0) is 11.8 Å². The number of rotatable bonds is 4. The highest BCUT2D eigenvalue weighted by Gasteiger charge is 2.43. The lowest BCUT2D eigenvalue weighted by Crippen LogP contribution is -2.38. The molecule has 1 aliphatic rings. The summed E-state index contributed by atoms with van der Waals surface area (Å²) in [6.07, 6.45) is 4.17. The Morgan fingerprint density at radius 3 is 2.73 bits per heavy atom. The second-order valence-electron chi connectivity index (χ2n) is 6.52. The SMILES string of the molecule is CCN(CC)c1conc1C1(C)c2ccccc2CCC1C. The third-order valence-electron chi connectivity index (χ3n) is 5.56. The molecule has 0 N–H and O–H groups in total. The zero-order valence-corrected chi connectivity index (χ0v) is 14.1. The molecule has 3 nitrogen and oxygen atoms in total. The Labute approximate surface area is 133 Å². The van der Waals surface area contributed by atoms with Gasteiger partial charge in [0.25, 0.3) is 0 Å². The highest BCUT2D eigenvalue weighted by Crippen LogP contribution is 2.48. The van der Waals surface area contributed by atoms with Crippen molar-refractivity contribution >= 4 is 5.69 Å². The van der Waals surface area contributed by atoms with E-state index in [2.05, 4.69) is 62.0 Å². The van der Waals surface area contributed by atoms with E-state index in [1.54, 1.807) is 0 Å². The van der Waals surface area contributed by atoms with Gasteiger partial charge < -0.3 is 9.42 Å². The number of fused-ring (bicyclic) bond motifs is 1. The molecule has 2 aromatic rings. The Hall–Kier alpha value is -1.77. The van der Waals surface area contributed by atoms with Gasteiger partial charge in [0, 0.05) is 18.5 Å². The Kier molecular flexibility index (Phi) is 3.98. The lowest BCUT2D eigenvalue weighted by molar-refractivity contribution is 0.302. The van der Waals surface area contributed by atoms with Gasteiger partial charge in [0.1, 0.15) is 17.6 Å². The summed E-state index contributed by atoms with van der Waals surface area (Å²) in [6.45, 7) is 11.0. The molecular formula is C19H26N2O. The highest BCUT2D eigenvalue weighted by molar-refractivity contribution is 5.57. The molecule has 0 bridgehead atoms. The van der Waals surface area contributed by atoms with Crippen molar-refractivity contribution in [1.82, 2.24) is 5.16 Å². The molecule has 3 heteroatoms. The van der Waals surface area contributed by atoms with E-state index in [1.807, 2.05) is 6.26 Å². The summed E-state index contributed by atoms with van der Waals surface area (Å²) in [7, 11) is 0. The maximum absolute atomic E-state index is 5.42. The summed E-state index contributed by atoms with van der Waals surface area (Å²) < 4.78 is 5.42. The van der Waals surface area contributed by atoms with Crippen LogP contribution in [0.15, 0.2) is 35.1 Å². The first-order valence-electron chi connectivity index (χ1n) is 8.41. The van der Waals surface area contributed by atoms with Crippen LogP contribution < -0.4 is 4.90 Å². The molecule has 2 unspecified atom stereocenters. The van der Waals surface area contributed by atoms with Crippen LogP contribution in [-0.4, -0.2) is 18.2 Å². The molecule has 1 aliphatic carbocycles. The third-order valence-corrected chi connectivity index (χ3v) is 5.56. The van der Waals surface area contributed by atoms with Crippen LogP contribution in [0.3, 0.4) is 0 Å². The van der Waals surface area contributed by atoms with Gasteiger partial charge in [-0.1, -0.05) is 36.3 Å². The van der Waals surface area contributed by atoms with Gasteiger partial charge in [-0.15, -0.1) is 0 Å². The van der Waals surface area contributed by atoms with Gasteiger partial charge in [0.2, 0.25) is 0 Å². The first kappa shape index (κ1) is 15.1. The van der Waals surface area contributed by atoms with Crippen LogP contribution in [0.4, 0.5) is 5.69 Å². The quantitative estimate of drug-likeness (QED) is 0.837. The summed E-state index contributed by atoms with van der Waals surface area (Å²) in [6, 6.07) is 8.82. The fourth-order valence-corrected chi connectivity index (χ4v) is 3.91. The van der Waals surface area contributed by atoms with Crippen LogP contribution in [0.5, 0.6) is 0 Å². The van der Waals surface area contributed by atoms with Gasteiger partial charge in [-0.2, -0.15) is 0 Å². The van der Waals surface area contributed by atoms with E-state index in [9.17, 15) is 0 Å². The summed E-state index contributed by atoms with van der Waals surface area (Å²) >= 11 is 0. The molecule has 0 radical (unpaired) electrons. The second kappa shape index (κ2) is 5.79. The molecule has 0 saturated carbocycles. The molecule has 0 amide bonds. The van der Waals surface area contributed by atoms with Crippen molar-refractivity contribution in [2.45, 2.75) is 46.0 Å². The Morgan fingerprint density at radius 1 is 1.27 bits per heavy atom. The van der Waals surface area contributed by atoms with E-state index in [1.165, 1.54) is 17.5 Å². The average Bonchev–Trinajstić information content (AvgIpc) is 3.02. The van der Waals surface area contributed by atoms with Crippen molar-refractivity contribution in [3.05, 3.63) is 47.3 Å². The number of hydrogen-bond donors (Lipinski definition) is 0. The molecule has 2 atom stereocenters. The van der Waals surface area contributed by atoms with Crippen LogP contribution >= 0.6 is 0 Å². The van der Waals surface area contributed by atoms with Gasteiger partial charge >= 0.3 is 0 Å². The molecule has 22 heavy (non-hydrogen) atoms. The van der Waals surface area contributed by atoms with Crippen molar-refractivity contribution in [1.29, 1.82) is 0 Å². The molecule has 0 fully saturated rings. The normalized spacial score (nSPS) is 24.1. The molecule has 1 heterocycles. The topological polar surface area (TPSA) is 29.3 Å². The molecule has 0 saturated heterocycles. The lowest BCUT2D eigenvalue weighted by Gasteiger charge is -2.41. The van der Waals surface area contributed by atoms with E-state index in [-0.39, 0.29) is 5.41 Å². The average molecular weight is 298 g/mol. The predicted octanol–water partition coefficient (Wildman–Crippen LogP) is 4.41. The van der Waals surface area contributed by atoms with Crippen molar-refractivity contribution in [3.63, 3.8) is 0 Å². The van der Waals surface area contributed by atoms with Crippen LogP contribution in [0.2, 0.25) is 0 Å². The smallest absolute Gasteiger partial charge is 0.147 e. The second-order valence-corrected chi connectivity index (χ2v) is 6.52. The number of anilines is 1. The van der Waals surface area contributed by atoms with Crippen LogP contribution in [0.1, 0.15) is 50.9 Å². The first-order valence-corrected chi connectivity index (χ1v) is 8.41. The molecule has 0 aliphatic heterocycles. The summed E-state index contributed by atoms with van der Waals surface area (Å²) in [4.78, 5) is 2.33. The first-order chi connectivity index (χ1) is 10.6. The standard InChI is InChI=1S/C19H26N2O/c1-5-21(6-2)17-13-22-20-18(17)19(4)14(3)11-12-15-9-7-8-10-16(15)19/h7-10,13-14H,5-6,11-12H2,1-4H3. The number of nitrogens with zero attached hydrogens (tertiary/aromatic N) is 2. The largest absolute Gasteiger partial charge is 0.368 e. The molecule has 3 rings (SSSR count). The maximum Gasteiger partial charge on any atom is 0.147 e. The summed E-state index contributed by atoms with van der Waals surface area (Å²) in [5.41, 5.74) is 5.03. The van der Waals surface area contributed by atoms with Crippen molar-refractivity contribution in [2.24, 2.45) is 5.92 Å². The van der Waals surface area contributed by atoms with E-state index in [0.29, 0.717) is 5.92 Å². The van der Waals surface area contributed by atoms with E-state index >= 15 is 0 Å². The van der Waals surface area contributed by atoms with Gasteiger partial charge in [0.15, 0.2) is 0 Å². The van der Waals surface area contributed by atoms with Crippen LogP contribution in [0, 0.1) is 5.92 Å². The summed E-state index contributed by atoms with van der Waals surface area (Å²) in [5.74, 6) is 0.543. The minimum atomic E-state index is -0.0836. The minimum absolute atomic E-state index is 0.0836. The maximum atomic E-state index is 5.42. The molecule has 1 aromatic heterocycles. The summed E-state index contributed by atoms with van der Waals surface area (Å²) in [5, 5.41) is 4.46. The predicted molar refractivity (Wildman–Crippen MR) is 90.4 cm³/mol. The zero-order chi connectivity index (χ0) is 15.7. The number of benzene rings is 1. The Morgan fingerprint density at radius 2 is 2.00 bits per heavy atom. The van der Waals surface area contributed by atoms with E-state index in [0.717, 1.165) is 30.9 Å². The number of hydrogen-bond acceptors (Lipinski definition) is 3. The van der Waals surface area contributed by atoms with Gasteiger partial charge in [-0.05, 0) is 50.7 Å². The van der Waals surface area contributed by atoms with Gasteiger partial charge in [-0.3, -0.25) is 0 Å². The monoisotopic (exact) mass is 298 g/mol. The molecule has 0 spiro atoms. The lowest BCUT2D eigenvalue weighted by atomic mass is 9.63. The Balaban J connectivity index is 2.17. The van der Waals surface area contributed by atoms with Gasteiger partial charge in [0.05, 0.1) is 0 Å². The van der Waals surface area contributed by atoms with Gasteiger partial charge in [-0.25, -0.2) is 0 Å². The van der Waals surface area contributed by atoms with Crippen molar-refractivity contribution < 1.29 is 4.52 Å². The third kappa shape index (κ3) is 2.15. The van der Waals surface area contributed by atoms with Crippen LogP contribution in [0.25, 0.3) is 0 Å². The highest BCUT2D eigenvalue weighted by atomic mass is 16.5. The van der Waals surface area contributed by atoms with Crippen molar-refractivity contribution in [2.75, 3.05) is 18.0 Å². The minimum Gasteiger partial charge on any atom is -0.368 e. The number of aromatic nitrogens is 1. The fraction of sp³-hybridized carbons (Fsp3) is 0.526. The van der Waals surface area contributed by atoms with Crippen molar-refractivity contribution in [3.8, 4) is 0 Å². The molecule has 118 valence electrons. The number of aryl methyl sites for hydroxylation is 1. The van der Waals surface area contributed by atoms with E-state index in [4.69, 9.17) is 4.52 Å². The fourth-order valence-electron chi connectivity index (χ4n) is 3.91. The molecule has 1 aromatic carbocycles. The molecular weight excluding hydrogens is 272 g/mol.